The van der Waals surface area contributed by atoms with Gasteiger partial charge in [-0.1, -0.05) is 11.2 Å². The van der Waals surface area contributed by atoms with Gasteiger partial charge in [-0.15, -0.1) is 11.3 Å². The highest BCUT2D eigenvalue weighted by atomic mass is 32.1. The number of halogens is 3. The Kier molecular flexibility index (Phi) is 10.9. The molecule has 4 aromatic rings. The number of nitriles is 1. The number of aromatic nitrogens is 3. The van der Waals surface area contributed by atoms with Crippen LogP contribution in [0.3, 0.4) is 0 Å². The molecule has 2 aliphatic heterocycles. The monoisotopic (exact) mass is 681 g/mol. The summed E-state index contributed by atoms with van der Waals surface area (Å²) in [7, 11) is 0. The van der Waals surface area contributed by atoms with E-state index < -0.39 is 12.6 Å². The van der Waals surface area contributed by atoms with E-state index >= 15 is 0 Å². The Morgan fingerprint density at radius 3 is 2.46 bits per heavy atom. The van der Waals surface area contributed by atoms with Crippen LogP contribution in [0.15, 0.2) is 35.8 Å². The average Bonchev–Trinajstić information content (AvgIpc) is 3.63. The molecule has 7 rings (SSSR count). The lowest BCUT2D eigenvalue weighted by molar-refractivity contribution is -0.126. The number of alkyl halides is 3. The highest BCUT2D eigenvalue weighted by Crippen LogP contribution is 2.33. The van der Waals surface area contributed by atoms with Crippen LogP contribution >= 0.6 is 11.3 Å². The molecule has 1 aromatic carbocycles. The van der Waals surface area contributed by atoms with Crippen LogP contribution in [0.2, 0.25) is 0 Å². The largest absolute Gasteiger partial charge is 0.393 e. The third kappa shape index (κ3) is 8.31. The van der Waals surface area contributed by atoms with Crippen LogP contribution in [-0.2, 0) is 19.5 Å². The summed E-state index contributed by atoms with van der Waals surface area (Å²) < 4.78 is 40.9. The van der Waals surface area contributed by atoms with E-state index in [1.54, 1.807) is 6.07 Å². The molecule has 14 heteroatoms. The van der Waals surface area contributed by atoms with E-state index in [0.717, 1.165) is 107 Å². The SMILES string of the molecule is Cc1c(CN2CCC(Nc3ncnc4sc(CC(F)(F)F)cc34)CC2)ccc2c1cc(C#N)n2CCN1CCNCC1.O=NC1CCC1. The minimum absolute atomic E-state index is 0.185. The molecule has 5 heterocycles. The molecule has 0 atom stereocenters. The third-order valence-electron chi connectivity index (χ3n) is 9.73. The number of thiophene rings is 1. The fourth-order valence-electron chi connectivity index (χ4n) is 6.67. The van der Waals surface area contributed by atoms with Crippen molar-refractivity contribution >= 4 is 38.3 Å². The molecule has 0 radical (unpaired) electrons. The summed E-state index contributed by atoms with van der Waals surface area (Å²) in [6.07, 6.45) is 1.31. The van der Waals surface area contributed by atoms with Crippen molar-refractivity contribution in [2.45, 2.75) is 76.8 Å². The van der Waals surface area contributed by atoms with Crippen LogP contribution in [0.4, 0.5) is 19.0 Å². The summed E-state index contributed by atoms with van der Waals surface area (Å²) in [5.74, 6) is 0.610. The number of nitroso groups, excluding NO2 is 1. The molecule has 3 aromatic heterocycles. The van der Waals surface area contributed by atoms with Crippen LogP contribution in [0.25, 0.3) is 21.1 Å². The number of nitrogens with one attached hydrogen (secondary N) is 2. The molecule has 0 bridgehead atoms. The van der Waals surface area contributed by atoms with Crippen molar-refractivity contribution in [3.05, 3.63) is 57.2 Å². The fourth-order valence-corrected chi connectivity index (χ4v) is 7.70. The van der Waals surface area contributed by atoms with Gasteiger partial charge in [0.1, 0.15) is 28.7 Å². The minimum Gasteiger partial charge on any atom is -0.367 e. The Morgan fingerprint density at radius 2 is 1.81 bits per heavy atom. The van der Waals surface area contributed by atoms with E-state index in [1.807, 2.05) is 6.07 Å². The number of rotatable bonds is 9. The van der Waals surface area contributed by atoms with Crippen LogP contribution in [-0.4, -0.2) is 88.4 Å². The molecule has 10 nitrogen and oxygen atoms in total. The molecule has 256 valence electrons. The average molecular weight is 682 g/mol. The molecule has 0 unspecified atom stereocenters. The summed E-state index contributed by atoms with van der Waals surface area (Å²) in [4.78, 5) is 23.8. The number of fused-ring (bicyclic) bond motifs is 2. The van der Waals surface area contributed by atoms with Gasteiger partial charge in [0, 0.05) is 80.7 Å². The number of hydrogen-bond acceptors (Lipinski definition) is 10. The predicted molar refractivity (Wildman–Crippen MR) is 183 cm³/mol. The second kappa shape index (κ2) is 15.3. The minimum atomic E-state index is -4.25. The van der Waals surface area contributed by atoms with Gasteiger partial charge in [-0.2, -0.15) is 23.3 Å². The van der Waals surface area contributed by atoms with Gasteiger partial charge in [0.25, 0.3) is 0 Å². The number of piperazine rings is 1. The lowest BCUT2D eigenvalue weighted by Crippen LogP contribution is -2.44. The first kappa shape index (κ1) is 34.2. The standard InChI is InChI=1S/C30H35F3N8S.C4H7NO/c1-20-21(2-3-27-25(20)14-23(17-34)41(27)13-12-39-10-6-35-7-11-39)18-40-8-4-22(5-9-40)38-28-26-15-24(16-30(31,32)33)42-29(26)37-19-36-28;6-5-4-2-1-3-4/h2-3,14-15,19,22,35H,4-13,16,18H2,1H3,(H,36,37,38);4H,1-3H2. The quantitative estimate of drug-likeness (QED) is 0.200. The molecular formula is C34H42F3N9OS. The predicted octanol–water partition coefficient (Wildman–Crippen LogP) is 6.22. The molecule has 1 saturated carbocycles. The summed E-state index contributed by atoms with van der Waals surface area (Å²) in [6, 6.07) is 10.8. The van der Waals surface area contributed by atoms with Gasteiger partial charge in [-0.25, -0.2) is 9.97 Å². The van der Waals surface area contributed by atoms with Crippen molar-refractivity contribution in [3.8, 4) is 6.07 Å². The Balaban J connectivity index is 0.000000604. The molecule has 1 aliphatic carbocycles. The van der Waals surface area contributed by atoms with Gasteiger partial charge >= 0.3 is 6.18 Å². The number of benzene rings is 1. The lowest BCUT2D eigenvalue weighted by Gasteiger charge is -2.33. The molecule has 2 N–H and O–H groups in total. The second-order valence-electron chi connectivity index (χ2n) is 13.0. The van der Waals surface area contributed by atoms with Crippen molar-refractivity contribution < 1.29 is 13.2 Å². The van der Waals surface area contributed by atoms with Crippen molar-refractivity contribution in [3.63, 3.8) is 0 Å². The molecule has 0 spiro atoms. The summed E-state index contributed by atoms with van der Waals surface area (Å²) in [5, 5.41) is 21.4. The van der Waals surface area contributed by atoms with Crippen molar-refractivity contribution in [1.29, 1.82) is 5.26 Å². The fraction of sp³-hybridized carbons (Fsp3) is 0.559. The second-order valence-corrected chi connectivity index (χ2v) is 14.1. The van der Waals surface area contributed by atoms with Gasteiger partial charge in [0.2, 0.25) is 0 Å². The van der Waals surface area contributed by atoms with E-state index in [-0.39, 0.29) is 17.0 Å². The van der Waals surface area contributed by atoms with Crippen LogP contribution < -0.4 is 10.6 Å². The van der Waals surface area contributed by atoms with Gasteiger partial charge < -0.3 is 15.2 Å². The third-order valence-corrected chi connectivity index (χ3v) is 10.8. The maximum atomic E-state index is 12.9. The zero-order chi connectivity index (χ0) is 33.7. The molecule has 3 fully saturated rings. The van der Waals surface area contributed by atoms with E-state index in [4.69, 9.17) is 0 Å². The van der Waals surface area contributed by atoms with E-state index in [0.29, 0.717) is 21.7 Å². The topological polar surface area (TPSA) is 114 Å². The first-order chi connectivity index (χ1) is 23.2. The maximum absolute atomic E-state index is 12.9. The number of hydrogen-bond donors (Lipinski definition) is 2. The Hall–Kier alpha value is -3.64. The number of anilines is 1. The highest BCUT2D eigenvalue weighted by Gasteiger charge is 2.29. The van der Waals surface area contributed by atoms with Crippen LogP contribution in [0.5, 0.6) is 0 Å². The number of likely N-dealkylation sites (tertiary alicyclic amines) is 1. The van der Waals surface area contributed by atoms with E-state index in [2.05, 4.69) is 65.3 Å². The molecule has 0 amide bonds. The summed E-state index contributed by atoms with van der Waals surface area (Å²) in [6.45, 7) is 10.6. The first-order valence-corrected chi connectivity index (χ1v) is 17.6. The highest BCUT2D eigenvalue weighted by molar-refractivity contribution is 7.18. The number of piperidine rings is 1. The Bertz CT molecular complexity index is 1750. The normalized spacial score (nSPS) is 18.3. The Morgan fingerprint density at radius 1 is 1.04 bits per heavy atom. The molecule has 48 heavy (non-hydrogen) atoms. The summed E-state index contributed by atoms with van der Waals surface area (Å²) in [5.41, 5.74) is 4.32. The molecule has 2 saturated heterocycles. The zero-order valence-corrected chi connectivity index (χ0v) is 28.0. The number of nitrogens with zero attached hydrogens (tertiary/aromatic N) is 7. The Labute approximate surface area is 282 Å². The van der Waals surface area contributed by atoms with Crippen LogP contribution in [0.1, 0.15) is 53.8 Å². The van der Waals surface area contributed by atoms with E-state index in [9.17, 15) is 23.3 Å². The summed E-state index contributed by atoms with van der Waals surface area (Å²) >= 11 is 1.07. The van der Waals surface area contributed by atoms with Gasteiger partial charge in [0.15, 0.2) is 0 Å². The van der Waals surface area contributed by atoms with Crippen molar-refractivity contribution in [1.82, 2.24) is 29.7 Å². The lowest BCUT2D eigenvalue weighted by atomic mass is 9.94. The molecule has 3 aliphatic rings. The van der Waals surface area contributed by atoms with Gasteiger partial charge in [-0.3, -0.25) is 9.80 Å². The van der Waals surface area contributed by atoms with Crippen molar-refractivity contribution in [2.24, 2.45) is 5.18 Å². The van der Waals surface area contributed by atoms with Gasteiger partial charge in [0.05, 0.1) is 17.8 Å². The van der Waals surface area contributed by atoms with Gasteiger partial charge in [-0.05, 0) is 68.4 Å². The maximum Gasteiger partial charge on any atom is 0.393 e. The smallest absolute Gasteiger partial charge is 0.367 e. The van der Waals surface area contributed by atoms with Crippen LogP contribution in [0, 0.1) is 23.2 Å². The zero-order valence-electron chi connectivity index (χ0n) is 27.2. The molecular weight excluding hydrogens is 639 g/mol. The first-order valence-electron chi connectivity index (χ1n) is 16.8. The van der Waals surface area contributed by atoms with E-state index in [1.165, 1.54) is 23.9 Å². The van der Waals surface area contributed by atoms with Crippen molar-refractivity contribution in [2.75, 3.05) is 51.1 Å². The number of aryl methyl sites for hydroxylation is 1.